The van der Waals surface area contributed by atoms with E-state index in [0.29, 0.717) is 26.1 Å². The van der Waals surface area contributed by atoms with Gasteiger partial charge in [-0.3, -0.25) is 19.4 Å². The van der Waals surface area contributed by atoms with Crippen molar-refractivity contribution in [3.63, 3.8) is 0 Å². The molecule has 3 aliphatic rings. The summed E-state index contributed by atoms with van der Waals surface area (Å²) < 4.78 is 24.4. The molecule has 0 aromatic rings. The summed E-state index contributed by atoms with van der Waals surface area (Å²) >= 11 is 0. The van der Waals surface area contributed by atoms with E-state index in [-0.39, 0.29) is 41.9 Å². The first-order valence-electron chi connectivity index (χ1n) is 8.93. The highest BCUT2D eigenvalue weighted by molar-refractivity contribution is 7.91. The van der Waals surface area contributed by atoms with Gasteiger partial charge in [-0.1, -0.05) is 0 Å². The third kappa shape index (κ3) is 4.15. The number of hydrogen-bond donors (Lipinski definition) is 0. The fourth-order valence-corrected chi connectivity index (χ4v) is 6.12. The molecule has 3 heterocycles. The van der Waals surface area contributed by atoms with E-state index in [2.05, 4.69) is 4.90 Å². The third-order valence-electron chi connectivity index (χ3n) is 5.57. The van der Waals surface area contributed by atoms with Gasteiger partial charge < -0.3 is 9.80 Å². The Kier molecular flexibility index (Phi) is 5.36. The van der Waals surface area contributed by atoms with E-state index in [1.54, 1.807) is 19.0 Å². The van der Waals surface area contributed by atoms with Gasteiger partial charge >= 0.3 is 0 Å². The van der Waals surface area contributed by atoms with E-state index in [9.17, 15) is 18.0 Å². The average Bonchev–Trinajstić information content (AvgIpc) is 3.08. The molecule has 3 saturated heterocycles. The number of carbonyl (C=O) groups is 2. The predicted octanol–water partition coefficient (Wildman–Crippen LogP) is -1.52. The van der Waals surface area contributed by atoms with Crippen LogP contribution in [0, 0.1) is 0 Å². The SMILES string of the molecule is CN(C)C(=O)CN1CCN(CCN2CCCC2=O)[C@@H]2CS(=O)(=O)C[C@@H]21. The number of fused-ring (bicyclic) bond motifs is 1. The quantitative estimate of drug-likeness (QED) is 0.583. The lowest BCUT2D eigenvalue weighted by atomic mass is 10.0. The molecular weight excluding hydrogens is 344 g/mol. The summed E-state index contributed by atoms with van der Waals surface area (Å²) in [7, 11) is 0.346. The maximum Gasteiger partial charge on any atom is 0.236 e. The molecule has 2 amide bonds. The van der Waals surface area contributed by atoms with E-state index in [4.69, 9.17) is 0 Å². The van der Waals surface area contributed by atoms with Gasteiger partial charge in [-0.05, 0) is 6.42 Å². The van der Waals surface area contributed by atoms with Crippen molar-refractivity contribution < 1.29 is 18.0 Å². The van der Waals surface area contributed by atoms with E-state index >= 15 is 0 Å². The van der Waals surface area contributed by atoms with Crippen LogP contribution in [0.25, 0.3) is 0 Å². The Morgan fingerprint density at radius 2 is 1.72 bits per heavy atom. The average molecular weight is 372 g/mol. The lowest BCUT2D eigenvalue weighted by Crippen LogP contribution is -2.61. The first-order chi connectivity index (χ1) is 11.8. The molecule has 142 valence electrons. The second-order valence-electron chi connectivity index (χ2n) is 7.49. The van der Waals surface area contributed by atoms with Crippen LogP contribution in [0.1, 0.15) is 12.8 Å². The van der Waals surface area contributed by atoms with Gasteiger partial charge in [0.2, 0.25) is 11.8 Å². The number of rotatable bonds is 5. The van der Waals surface area contributed by atoms with Gasteiger partial charge in [0.1, 0.15) is 0 Å². The number of nitrogens with zero attached hydrogens (tertiary/aromatic N) is 4. The van der Waals surface area contributed by atoms with Crippen molar-refractivity contribution in [2.45, 2.75) is 24.9 Å². The molecule has 3 rings (SSSR count). The van der Waals surface area contributed by atoms with Gasteiger partial charge in [-0.15, -0.1) is 0 Å². The fourth-order valence-electron chi connectivity index (χ4n) is 4.08. The minimum atomic E-state index is -3.09. The summed E-state index contributed by atoms with van der Waals surface area (Å²) in [6.07, 6.45) is 1.54. The summed E-state index contributed by atoms with van der Waals surface area (Å²) in [5.41, 5.74) is 0. The minimum Gasteiger partial charge on any atom is -0.348 e. The molecule has 0 saturated carbocycles. The Labute approximate surface area is 149 Å². The summed E-state index contributed by atoms with van der Waals surface area (Å²) in [4.78, 5) is 31.5. The van der Waals surface area contributed by atoms with Crippen LogP contribution in [0.5, 0.6) is 0 Å². The lowest BCUT2D eigenvalue weighted by molar-refractivity contribution is -0.132. The van der Waals surface area contributed by atoms with Crippen LogP contribution in [-0.2, 0) is 19.4 Å². The highest BCUT2D eigenvalue weighted by Gasteiger charge is 2.46. The minimum absolute atomic E-state index is 0.000776. The van der Waals surface area contributed by atoms with E-state index in [1.165, 1.54) is 0 Å². The summed E-state index contributed by atoms with van der Waals surface area (Å²) in [5.74, 6) is 0.473. The predicted molar refractivity (Wildman–Crippen MR) is 93.9 cm³/mol. The van der Waals surface area contributed by atoms with Gasteiger partial charge in [-0.2, -0.15) is 0 Å². The normalized spacial score (nSPS) is 29.8. The molecule has 0 aliphatic carbocycles. The largest absolute Gasteiger partial charge is 0.348 e. The Bertz CT molecular complexity index is 636. The molecular formula is C16H28N4O4S. The third-order valence-corrected chi connectivity index (χ3v) is 7.27. The number of carbonyl (C=O) groups excluding carboxylic acids is 2. The molecule has 3 fully saturated rings. The molecule has 0 aromatic carbocycles. The fraction of sp³-hybridized carbons (Fsp3) is 0.875. The number of likely N-dealkylation sites (tertiary alicyclic amines) is 1. The van der Waals surface area contributed by atoms with Crippen LogP contribution < -0.4 is 0 Å². The van der Waals surface area contributed by atoms with Gasteiger partial charge in [0, 0.05) is 65.3 Å². The second kappa shape index (κ2) is 7.20. The van der Waals surface area contributed by atoms with E-state index in [1.807, 2.05) is 9.80 Å². The summed E-state index contributed by atoms with van der Waals surface area (Å²) in [6, 6.07) is -0.205. The standard InChI is InChI=1S/C16H28N4O4S/c1-17(2)16(22)10-20-9-7-18(6-8-19-5-3-4-15(19)21)13-11-25(23,24)12-14(13)20/h13-14H,3-12H2,1-2H3/t13-,14+/m1/s1. The van der Waals surface area contributed by atoms with E-state index < -0.39 is 9.84 Å². The van der Waals surface area contributed by atoms with Crippen molar-refractivity contribution in [3.05, 3.63) is 0 Å². The van der Waals surface area contributed by atoms with Gasteiger partial charge in [0.25, 0.3) is 0 Å². The molecule has 0 aromatic heterocycles. The number of likely N-dealkylation sites (N-methyl/N-ethyl adjacent to an activating group) is 1. The summed E-state index contributed by atoms with van der Waals surface area (Å²) in [6.45, 7) is 3.87. The zero-order valence-corrected chi connectivity index (χ0v) is 15.9. The molecule has 3 aliphatic heterocycles. The number of piperazine rings is 1. The Balaban J connectivity index is 1.65. The molecule has 0 N–H and O–H groups in total. The number of hydrogen-bond acceptors (Lipinski definition) is 6. The first kappa shape index (κ1) is 18.6. The number of amides is 2. The van der Waals surface area contributed by atoms with E-state index in [0.717, 1.165) is 19.5 Å². The van der Waals surface area contributed by atoms with Gasteiger partial charge in [0.05, 0.1) is 18.1 Å². The lowest BCUT2D eigenvalue weighted by Gasteiger charge is -2.44. The molecule has 2 atom stereocenters. The Hall–Kier alpha value is -1.19. The zero-order chi connectivity index (χ0) is 18.2. The molecule has 0 bridgehead atoms. The number of sulfone groups is 1. The molecule has 25 heavy (non-hydrogen) atoms. The highest BCUT2D eigenvalue weighted by Crippen LogP contribution is 2.27. The molecule has 0 radical (unpaired) electrons. The Morgan fingerprint density at radius 3 is 2.32 bits per heavy atom. The second-order valence-corrected chi connectivity index (χ2v) is 9.64. The van der Waals surface area contributed by atoms with Crippen LogP contribution in [0.15, 0.2) is 0 Å². The smallest absolute Gasteiger partial charge is 0.236 e. The van der Waals surface area contributed by atoms with Gasteiger partial charge in [0.15, 0.2) is 9.84 Å². The molecule has 0 spiro atoms. The molecule has 0 unspecified atom stereocenters. The maximum absolute atomic E-state index is 12.2. The van der Waals surface area contributed by atoms with Gasteiger partial charge in [-0.25, -0.2) is 8.42 Å². The maximum atomic E-state index is 12.2. The van der Waals surface area contributed by atoms with Crippen molar-refractivity contribution >= 4 is 21.7 Å². The van der Waals surface area contributed by atoms with Crippen molar-refractivity contribution in [3.8, 4) is 0 Å². The zero-order valence-electron chi connectivity index (χ0n) is 15.1. The van der Waals surface area contributed by atoms with Crippen LogP contribution in [0.3, 0.4) is 0 Å². The van der Waals surface area contributed by atoms with Crippen LogP contribution >= 0.6 is 0 Å². The van der Waals surface area contributed by atoms with Crippen molar-refractivity contribution in [2.75, 3.05) is 64.9 Å². The molecule has 9 heteroatoms. The van der Waals surface area contributed by atoms with Crippen molar-refractivity contribution in [1.82, 2.24) is 19.6 Å². The molecule has 8 nitrogen and oxygen atoms in total. The monoisotopic (exact) mass is 372 g/mol. The summed E-state index contributed by atoms with van der Waals surface area (Å²) in [5, 5.41) is 0. The van der Waals surface area contributed by atoms with Crippen molar-refractivity contribution in [1.29, 1.82) is 0 Å². The first-order valence-corrected chi connectivity index (χ1v) is 10.8. The topological polar surface area (TPSA) is 81.2 Å². The van der Waals surface area contributed by atoms with Crippen LogP contribution in [-0.4, -0.2) is 117 Å². The van der Waals surface area contributed by atoms with Crippen LogP contribution in [0.2, 0.25) is 0 Å². The Morgan fingerprint density at radius 1 is 1.08 bits per heavy atom. The van der Waals surface area contributed by atoms with Crippen LogP contribution in [0.4, 0.5) is 0 Å². The van der Waals surface area contributed by atoms with Crippen molar-refractivity contribution in [2.24, 2.45) is 0 Å². The highest BCUT2D eigenvalue weighted by atomic mass is 32.2.